The summed E-state index contributed by atoms with van der Waals surface area (Å²) >= 11 is 12.9. The Balaban J connectivity index is 0.00000196. The van der Waals surface area contributed by atoms with Crippen LogP contribution in [0.5, 0.6) is 0 Å². The van der Waals surface area contributed by atoms with E-state index in [1.165, 1.54) is 11.8 Å². The van der Waals surface area contributed by atoms with Crippen LogP contribution in [0.25, 0.3) is 0 Å². The van der Waals surface area contributed by atoms with E-state index in [-0.39, 0.29) is 27.4 Å². The van der Waals surface area contributed by atoms with Crippen LogP contribution >= 0.6 is 51.9 Å². The van der Waals surface area contributed by atoms with Crippen LogP contribution in [0, 0.1) is 5.41 Å². The molecule has 0 fully saturated rings. The van der Waals surface area contributed by atoms with Crippen LogP contribution in [0.3, 0.4) is 0 Å². The van der Waals surface area contributed by atoms with E-state index >= 15 is 0 Å². The van der Waals surface area contributed by atoms with E-state index in [0.29, 0.717) is 10.0 Å². The summed E-state index contributed by atoms with van der Waals surface area (Å²) < 4.78 is 0. The second-order valence-electron chi connectivity index (χ2n) is 2.80. The van der Waals surface area contributed by atoms with Crippen molar-refractivity contribution in [1.82, 2.24) is 0 Å². The normalized spacial score (nSPS) is 11.7. The van der Waals surface area contributed by atoms with E-state index in [1.54, 1.807) is 12.1 Å². The Kier molecular flexibility index (Phi) is 6.68. The van der Waals surface area contributed by atoms with Crippen LogP contribution in [-0.2, 0) is 0 Å². The molecule has 3 N–H and O–H groups in total. The molecule has 1 unspecified atom stereocenters. The second-order valence-corrected chi connectivity index (χ2v) is 4.99. The van der Waals surface area contributed by atoms with Gasteiger partial charge in [-0.2, -0.15) is 0 Å². The van der Waals surface area contributed by atoms with Gasteiger partial charge in [0, 0.05) is 5.25 Å². The summed E-state index contributed by atoms with van der Waals surface area (Å²) in [5.41, 5.74) is 6.30. The van der Waals surface area contributed by atoms with Crippen molar-refractivity contribution in [2.75, 3.05) is 0 Å². The number of hydrogen-bond donors (Lipinski definition) is 2. The zero-order valence-corrected chi connectivity index (χ0v) is 12.0. The van der Waals surface area contributed by atoms with Gasteiger partial charge in [-0.3, -0.25) is 5.41 Å². The van der Waals surface area contributed by atoms with Gasteiger partial charge in [-0.05, 0) is 24.6 Å². The number of thioether (sulfide) groups is 1. The fourth-order valence-electron chi connectivity index (χ4n) is 1.02. The molecule has 0 bridgehead atoms. The average Bonchev–Trinajstić information content (AvgIpc) is 2.08. The van der Waals surface area contributed by atoms with Gasteiger partial charge in [-0.15, -0.1) is 17.0 Å². The molecule has 2 nitrogen and oxygen atoms in total. The minimum absolute atomic E-state index is 0. The lowest BCUT2D eigenvalue weighted by molar-refractivity contribution is 1.11. The van der Waals surface area contributed by atoms with Gasteiger partial charge in [0.1, 0.15) is 0 Å². The molecule has 84 valence electrons. The molecule has 0 radical (unpaired) electrons. The highest BCUT2D eigenvalue weighted by Gasteiger charge is 2.09. The van der Waals surface area contributed by atoms with Crippen LogP contribution < -0.4 is 5.73 Å². The summed E-state index contributed by atoms with van der Waals surface area (Å²) in [5.74, 6) is 0. The molecule has 0 spiro atoms. The number of benzene rings is 1. The number of nitrogens with one attached hydrogen (secondary N) is 1. The maximum atomic E-state index is 7.15. The maximum Gasteiger partial charge on any atom is 0.151 e. The van der Waals surface area contributed by atoms with E-state index in [9.17, 15) is 0 Å². The predicted molar refractivity (Wildman–Crippen MR) is 74.7 cm³/mol. The van der Waals surface area contributed by atoms with Gasteiger partial charge in [-0.25, -0.2) is 0 Å². The summed E-state index contributed by atoms with van der Waals surface area (Å²) in [6.07, 6.45) is 0. The molecule has 1 rings (SSSR count). The SMILES string of the molecule is Br.CC(SC(=N)N)c1ccc(Cl)c(Cl)c1. The molecule has 0 aliphatic heterocycles. The highest BCUT2D eigenvalue weighted by Crippen LogP contribution is 2.31. The Bertz CT molecular complexity index is 360. The molecule has 0 aliphatic carbocycles. The first kappa shape index (κ1) is 15.1. The fraction of sp³-hybridized carbons (Fsp3) is 0.222. The molecular formula is C9H11BrCl2N2S. The first-order valence-corrected chi connectivity index (χ1v) is 5.60. The number of hydrogen-bond acceptors (Lipinski definition) is 2. The Labute approximate surface area is 114 Å². The largest absolute Gasteiger partial charge is 0.379 e. The van der Waals surface area contributed by atoms with Gasteiger partial charge in [-0.1, -0.05) is 41.0 Å². The lowest BCUT2D eigenvalue weighted by Gasteiger charge is -2.10. The van der Waals surface area contributed by atoms with Crippen molar-refractivity contribution >= 4 is 57.1 Å². The van der Waals surface area contributed by atoms with Gasteiger partial charge in [0.05, 0.1) is 10.0 Å². The Morgan fingerprint density at radius 1 is 1.40 bits per heavy atom. The van der Waals surface area contributed by atoms with Crippen molar-refractivity contribution in [3.8, 4) is 0 Å². The zero-order chi connectivity index (χ0) is 10.7. The minimum Gasteiger partial charge on any atom is -0.379 e. The quantitative estimate of drug-likeness (QED) is 0.629. The van der Waals surface area contributed by atoms with Gasteiger partial charge in [0.15, 0.2) is 5.17 Å². The number of rotatable bonds is 2. The maximum absolute atomic E-state index is 7.15. The highest BCUT2D eigenvalue weighted by atomic mass is 79.9. The van der Waals surface area contributed by atoms with Crippen LogP contribution in [0.4, 0.5) is 0 Å². The van der Waals surface area contributed by atoms with Crippen molar-refractivity contribution in [2.24, 2.45) is 5.73 Å². The van der Waals surface area contributed by atoms with E-state index in [4.69, 9.17) is 34.3 Å². The molecule has 0 saturated heterocycles. The molecule has 0 amide bonds. The number of halogens is 3. The molecule has 0 aliphatic rings. The molecule has 1 aromatic rings. The summed E-state index contributed by atoms with van der Waals surface area (Å²) in [6, 6.07) is 5.43. The third kappa shape index (κ3) is 4.64. The first-order chi connectivity index (χ1) is 6.50. The van der Waals surface area contributed by atoms with Crippen LogP contribution in [0.1, 0.15) is 17.7 Å². The van der Waals surface area contributed by atoms with E-state index in [0.717, 1.165) is 5.56 Å². The number of nitrogens with two attached hydrogens (primary N) is 1. The lowest BCUT2D eigenvalue weighted by atomic mass is 10.2. The lowest BCUT2D eigenvalue weighted by Crippen LogP contribution is -2.06. The van der Waals surface area contributed by atoms with Crippen LogP contribution in [-0.4, -0.2) is 5.17 Å². The molecule has 1 atom stereocenters. The minimum atomic E-state index is 0. The molecule has 15 heavy (non-hydrogen) atoms. The van der Waals surface area contributed by atoms with Gasteiger partial charge in [0.2, 0.25) is 0 Å². The standard InChI is InChI=1S/C9H10Cl2N2S.BrH/c1-5(14-9(12)13)6-2-3-7(10)8(11)4-6;/h2-5H,1H3,(H3,12,13);1H. The summed E-state index contributed by atoms with van der Waals surface area (Å²) in [5, 5.41) is 8.43. The number of amidine groups is 1. The molecular weight excluding hydrogens is 319 g/mol. The Morgan fingerprint density at radius 2 is 2.00 bits per heavy atom. The average molecular weight is 330 g/mol. The smallest absolute Gasteiger partial charge is 0.151 e. The van der Waals surface area contributed by atoms with Gasteiger partial charge in [0.25, 0.3) is 0 Å². The third-order valence-corrected chi connectivity index (χ3v) is 3.34. The predicted octanol–water partition coefficient (Wildman–Crippen LogP) is 4.26. The molecule has 0 saturated carbocycles. The van der Waals surface area contributed by atoms with Gasteiger partial charge < -0.3 is 5.73 Å². The van der Waals surface area contributed by atoms with Crippen molar-refractivity contribution < 1.29 is 0 Å². The van der Waals surface area contributed by atoms with Gasteiger partial charge >= 0.3 is 0 Å². The van der Waals surface area contributed by atoms with E-state index in [2.05, 4.69) is 0 Å². The van der Waals surface area contributed by atoms with Crippen molar-refractivity contribution in [1.29, 1.82) is 5.41 Å². The van der Waals surface area contributed by atoms with E-state index < -0.39 is 0 Å². The van der Waals surface area contributed by atoms with E-state index in [1.807, 2.05) is 13.0 Å². The summed E-state index contributed by atoms with van der Waals surface area (Å²) in [7, 11) is 0. The summed E-state index contributed by atoms with van der Waals surface area (Å²) in [4.78, 5) is 0. The Morgan fingerprint density at radius 3 is 2.47 bits per heavy atom. The molecule has 0 heterocycles. The topological polar surface area (TPSA) is 49.9 Å². The summed E-state index contributed by atoms with van der Waals surface area (Å²) in [6.45, 7) is 1.96. The zero-order valence-electron chi connectivity index (χ0n) is 7.96. The Hall–Kier alpha value is 0.1000. The van der Waals surface area contributed by atoms with Crippen LogP contribution in [0.2, 0.25) is 10.0 Å². The third-order valence-electron chi connectivity index (χ3n) is 1.72. The van der Waals surface area contributed by atoms with Crippen molar-refractivity contribution in [3.63, 3.8) is 0 Å². The fourth-order valence-corrected chi connectivity index (χ4v) is 1.99. The monoisotopic (exact) mass is 328 g/mol. The highest BCUT2D eigenvalue weighted by molar-refractivity contribution is 8.93. The molecule has 0 aromatic heterocycles. The molecule has 1 aromatic carbocycles. The molecule has 6 heteroatoms. The van der Waals surface area contributed by atoms with Crippen molar-refractivity contribution in [2.45, 2.75) is 12.2 Å². The van der Waals surface area contributed by atoms with Crippen molar-refractivity contribution in [3.05, 3.63) is 33.8 Å². The van der Waals surface area contributed by atoms with Crippen LogP contribution in [0.15, 0.2) is 18.2 Å². The second kappa shape index (κ2) is 6.63. The first-order valence-electron chi connectivity index (χ1n) is 3.96.